The molecule has 2 aromatic rings. The first-order valence-corrected chi connectivity index (χ1v) is 7.07. The van der Waals surface area contributed by atoms with Crippen molar-refractivity contribution in [2.75, 3.05) is 7.05 Å². The molecule has 96 valence electrons. The van der Waals surface area contributed by atoms with Crippen LogP contribution in [0.25, 0.3) is 0 Å². The number of hydrogen-bond acceptors (Lipinski definition) is 4. The Labute approximate surface area is 123 Å². The fourth-order valence-electron chi connectivity index (χ4n) is 1.55. The minimum Gasteiger partial charge on any atom is -0.337 e. The standard InChI is InChI=1S/C13H10BrN3OS/c1-17(8-11-4-5-12(14)19-11)13(18)9-2-3-10(6-15)16-7-9/h2-5,7H,8H2,1H3. The normalized spacial score (nSPS) is 9.95. The Morgan fingerprint density at radius 3 is 2.79 bits per heavy atom. The maximum Gasteiger partial charge on any atom is 0.255 e. The molecule has 2 rings (SSSR count). The number of hydrogen-bond donors (Lipinski definition) is 0. The monoisotopic (exact) mass is 335 g/mol. The SMILES string of the molecule is CN(Cc1ccc(Br)s1)C(=O)c1ccc(C#N)nc1. The van der Waals surface area contributed by atoms with Gasteiger partial charge in [0, 0.05) is 18.1 Å². The van der Waals surface area contributed by atoms with Gasteiger partial charge in [-0.05, 0) is 40.2 Å². The lowest BCUT2D eigenvalue weighted by atomic mass is 10.2. The number of thiophene rings is 1. The van der Waals surface area contributed by atoms with E-state index in [1.54, 1.807) is 35.4 Å². The molecule has 0 aromatic carbocycles. The van der Waals surface area contributed by atoms with E-state index in [9.17, 15) is 4.79 Å². The Hall–Kier alpha value is -1.71. The molecule has 0 aliphatic carbocycles. The van der Waals surface area contributed by atoms with Crippen LogP contribution in [0.3, 0.4) is 0 Å². The summed E-state index contributed by atoms with van der Waals surface area (Å²) in [5.74, 6) is -0.110. The molecule has 0 aliphatic rings. The third-order valence-corrected chi connectivity index (χ3v) is 4.10. The first kappa shape index (κ1) is 13.7. The lowest BCUT2D eigenvalue weighted by Gasteiger charge is -2.15. The fraction of sp³-hybridized carbons (Fsp3) is 0.154. The molecule has 2 heterocycles. The molecule has 0 atom stereocenters. The van der Waals surface area contributed by atoms with Crippen LogP contribution in [0.4, 0.5) is 0 Å². The van der Waals surface area contributed by atoms with Gasteiger partial charge in [-0.2, -0.15) is 5.26 Å². The number of amides is 1. The summed E-state index contributed by atoms with van der Waals surface area (Å²) >= 11 is 4.99. The van der Waals surface area contributed by atoms with E-state index in [1.807, 2.05) is 18.2 Å². The maximum atomic E-state index is 12.2. The Balaban J connectivity index is 2.08. The summed E-state index contributed by atoms with van der Waals surface area (Å²) in [5.41, 5.74) is 0.790. The van der Waals surface area contributed by atoms with Gasteiger partial charge in [0.15, 0.2) is 0 Å². The van der Waals surface area contributed by atoms with Crippen molar-refractivity contribution in [2.24, 2.45) is 0 Å². The summed E-state index contributed by atoms with van der Waals surface area (Å²) in [4.78, 5) is 18.8. The van der Waals surface area contributed by atoms with Gasteiger partial charge in [0.2, 0.25) is 0 Å². The Morgan fingerprint density at radius 1 is 1.47 bits per heavy atom. The summed E-state index contributed by atoms with van der Waals surface area (Å²) in [6.45, 7) is 0.551. The van der Waals surface area contributed by atoms with Gasteiger partial charge in [-0.15, -0.1) is 11.3 Å². The minimum atomic E-state index is -0.110. The van der Waals surface area contributed by atoms with E-state index in [4.69, 9.17) is 5.26 Å². The average molecular weight is 336 g/mol. The van der Waals surface area contributed by atoms with Crippen LogP contribution in [-0.2, 0) is 6.54 Å². The third-order valence-electron chi connectivity index (χ3n) is 2.49. The Bertz CT molecular complexity index is 630. The molecule has 1 amide bonds. The maximum absolute atomic E-state index is 12.2. The molecule has 2 aromatic heterocycles. The first-order valence-electron chi connectivity index (χ1n) is 5.46. The number of carbonyl (C=O) groups excluding carboxylic acids is 1. The first-order chi connectivity index (χ1) is 9.10. The molecule has 0 unspecified atom stereocenters. The molecule has 6 heteroatoms. The van der Waals surface area contributed by atoms with Crippen LogP contribution < -0.4 is 0 Å². The van der Waals surface area contributed by atoms with Crippen LogP contribution in [0.1, 0.15) is 20.9 Å². The molecular weight excluding hydrogens is 326 g/mol. The molecule has 0 fully saturated rings. The number of nitrogens with zero attached hydrogens (tertiary/aromatic N) is 3. The molecule has 0 saturated heterocycles. The highest BCUT2D eigenvalue weighted by Gasteiger charge is 2.13. The van der Waals surface area contributed by atoms with Crippen molar-refractivity contribution in [3.05, 3.63) is 50.4 Å². The van der Waals surface area contributed by atoms with Crippen molar-refractivity contribution in [3.8, 4) is 6.07 Å². The van der Waals surface area contributed by atoms with Gasteiger partial charge in [-0.3, -0.25) is 4.79 Å². The van der Waals surface area contributed by atoms with Crippen molar-refractivity contribution < 1.29 is 4.79 Å². The number of halogens is 1. The van der Waals surface area contributed by atoms with Crippen LogP contribution in [0.5, 0.6) is 0 Å². The molecule has 0 spiro atoms. The highest BCUT2D eigenvalue weighted by molar-refractivity contribution is 9.11. The van der Waals surface area contributed by atoms with Crippen LogP contribution in [0.15, 0.2) is 34.2 Å². The summed E-state index contributed by atoms with van der Waals surface area (Å²) in [6, 6.07) is 9.03. The van der Waals surface area contributed by atoms with Crippen molar-refractivity contribution in [2.45, 2.75) is 6.54 Å². The Kier molecular flexibility index (Phi) is 4.30. The predicted octanol–water partition coefficient (Wildman–Crippen LogP) is 3.05. The lowest BCUT2D eigenvalue weighted by molar-refractivity contribution is 0.0786. The topological polar surface area (TPSA) is 57.0 Å². The fourth-order valence-corrected chi connectivity index (χ4v) is 3.09. The smallest absolute Gasteiger partial charge is 0.255 e. The van der Waals surface area contributed by atoms with Crippen molar-refractivity contribution in [3.63, 3.8) is 0 Å². The van der Waals surface area contributed by atoms with E-state index in [2.05, 4.69) is 20.9 Å². The zero-order valence-corrected chi connectivity index (χ0v) is 12.5. The molecule has 0 radical (unpaired) electrons. The zero-order chi connectivity index (χ0) is 13.8. The van der Waals surface area contributed by atoms with Gasteiger partial charge in [0.05, 0.1) is 15.9 Å². The lowest BCUT2D eigenvalue weighted by Crippen LogP contribution is -2.25. The molecule has 0 saturated carbocycles. The van der Waals surface area contributed by atoms with Gasteiger partial charge in [-0.1, -0.05) is 0 Å². The van der Waals surface area contributed by atoms with Gasteiger partial charge >= 0.3 is 0 Å². The quantitative estimate of drug-likeness (QED) is 0.866. The second-order valence-electron chi connectivity index (χ2n) is 3.91. The van der Waals surface area contributed by atoms with Crippen molar-refractivity contribution in [1.82, 2.24) is 9.88 Å². The molecule has 0 bridgehead atoms. The van der Waals surface area contributed by atoms with Crippen LogP contribution in [0, 0.1) is 11.3 Å². The second kappa shape index (κ2) is 5.95. The highest BCUT2D eigenvalue weighted by atomic mass is 79.9. The van der Waals surface area contributed by atoms with Crippen molar-refractivity contribution in [1.29, 1.82) is 5.26 Å². The van der Waals surface area contributed by atoms with Gasteiger partial charge in [0.25, 0.3) is 5.91 Å². The van der Waals surface area contributed by atoms with E-state index in [-0.39, 0.29) is 5.91 Å². The summed E-state index contributed by atoms with van der Waals surface area (Å²) in [7, 11) is 1.74. The molecule has 0 aliphatic heterocycles. The van der Waals surface area contributed by atoms with Crippen LogP contribution in [0.2, 0.25) is 0 Å². The predicted molar refractivity (Wildman–Crippen MR) is 76.8 cm³/mol. The molecule has 0 N–H and O–H groups in total. The molecule has 4 nitrogen and oxygen atoms in total. The molecule has 19 heavy (non-hydrogen) atoms. The average Bonchev–Trinajstić information content (AvgIpc) is 2.83. The van der Waals surface area contributed by atoms with E-state index in [0.717, 1.165) is 8.66 Å². The third kappa shape index (κ3) is 3.40. The van der Waals surface area contributed by atoms with Crippen LogP contribution in [-0.4, -0.2) is 22.8 Å². The van der Waals surface area contributed by atoms with E-state index in [0.29, 0.717) is 17.8 Å². The van der Waals surface area contributed by atoms with Gasteiger partial charge in [0.1, 0.15) is 11.8 Å². The van der Waals surface area contributed by atoms with E-state index in [1.165, 1.54) is 6.20 Å². The number of carbonyl (C=O) groups is 1. The summed E-state index contributed by atoms with van der Waals surface area (Å²) in [6.07, 6.45) is 1.43. The van der Waals surface area contributed by atoms with Crippen LogP contribution >= 0.6 is 27.3 Å². The van der Waals surface area contributed by atoms with Gasteiger partial charge in [-0.25, -0.2) is 4.98 Å². The minimum absolute atomic E-state index is 0.110. The summed E-state index contributed by atoms with van der Waals surface area (Å²) in [5, 5.41) is 8.66. The second-order valence-corrected chi connectivity index (χ2v) is 6.46. The number of pyridine rings is 1. The van der Waals surface area contributed by atoms with Gasteiger partial charge < -0.3 is 4.90 Å². The number of nitriles is 1. The van der Waals surface area contributed by atoms with E-state index < -0.39 is 0 Å². The largest absolute Gasteiger partial charge is 0.337 e. The summed E-state index contributed by atoms with van der Waals surface area (Å²) < 4.78 is 1.04. The highest BCUT2D eigenvalue weighted by Crippen LogP contribution is 2.23. The number of rotatable bonds is 3. The Morgan fingerprint density at radius 2 is 2.26 bits per heavy atom. The zero-order valence-electron chi connectivity index (χ0n) is 10.1. The van der Waals surface area contributed by atoms with Crippen molar-refractivity contribution >= 4 is 33.2 Å². The van der Waals surface area contributed by atoms with E-state index >= 15 is 0 Å². The molecular formula is C13H10BrN3OS. The number of aromatic nitrogens is 1.